The van der Waals surface area contributed by atoms with Gasteiger partial charge in [-0.1, -0.05) is 0 Å². The normalized spacial score (nSPS) is 30.0. The van der Waals surface area contributed by atoms with Gasteiger partial charge in [0, 0.05) is 16.7 Å². The van der Waals surface area contributed by atoms with E-state index in [1.807, 2.05) is 12.1 Å². The minimum Gasteiger partial charge on any atom is -0.497 e. The summed E-state index contributed by atoms with van der Waals surface area (Å²) in [6, 6.07) is 8.13. The Morgan fingerprint density at radius 3 is 2.79 bits per heavy atom. The van der Waals surface area contributed by atoms with Crippen LogP contribution in [-0.4, -0.2) is 36.4 Å². The summed E-state index contributed by atoms with van der Waals surface area (Å²) in [4.78, 5) is 16.6. The molecule has 3 aliphatic heterocycles. The third-order valence-corrected chi connectivity index (χ3v) is 7.74. The molecule has 1 aromatic heterocycles. The molecule has 24 heavy (non-hydrogen) atoms. The van der Waals surface area contributed by atoms with Crippen molar-refractivity contribution in [1.29, 1.82) is 0 Å². The molecule has 2 aromatic rings. The summed E-state index contributed by atoms with van der Waals surface area (Å²) in [5.74, 6) is 2.57. The van der Waals surface area contributed by atoms with Crippen LogP contribution in [0, 0.1) is 11.8 Å². The average Bonchev–Trinajstić information content (AvgIpc) is 3.27. The van der Waals surface area contributed by atoms with Crippen LogP contribution < -0.4 is 4.74 Å². The second kappa shape index (κ2) is 5.30. The molecule has 3 saturated heterocycles. The average molecular weight is 341 g/mol. The molecular weight excluding hydrogens is 318 g/mol. The second-order valence-electron chi connectivity index (χ2n) is 7.68. The molecule has 1 atom stereocenters. The quantitative estimate of drug-likeness (QED) is 0.774. The van der Waals surface area contributed by atoms with Crippen LogP contribution in [-0.2, 0) is 0 Å². The molecule has 126 valence electrons. The Morgan fingerprint density at radius 1 is 1.29 bits per heavy atom. The van der Waals surface area contributed by atoms with Gasteiger partial charge in [0.1, 0.15) is 5.75 Å². The number of carbonyl (C=O) groups is 1. The molecule has 4 aliphatic rings. The van der Waals surface area contributed by atoms with E-state index in [0.29, 0.717) is 17.2 Å². The van der Waals surface area contributed by atoms with Crippen molar-refractivity contribution in [2.75, 3.05) is 20.2 Å². The second-order valence-corrected chi connectivity index (χ2v) is 8.76. The number of ketones is 1. The maximum absolute atomic E-state index is 13.0. The van der Waals surface area contributed by atoms with Gasteiger partial charge in [0.15, 0.2) is 5.78 Å². The Hall–Kier alpha value is -1.39. The highest BCUT2D eigenvalue weighted by Crippen LogP contribution is 2.58. The van der Waals surface area contributed by atoms with E-state index in [1.165, 1.54) is 38.8 Å². The Labute approximate surface area is 146 Å². The van der Waals surface area contributed by atoms with Crippen molar-refractivity contribution in [1.82, 2.24) is 4.90 Å². The zero-order valence-corrected chi connectivity index (χ0v) is 14.9. The van der Waals surface area contributed by atoms with Gasteiger partial charge in [-0.3, -0.25) is 9.69 Å². The van der Waals surface area contributed by atoms with Crippen LogP contribution >= 0.6 is 11.3 Å². The van der Waals surface area contributed by atoms with E-state index in [0.717, 1.165) is 33.1 Å². The van der Waals surface area contributed by atoms with Gasteiger partial charge < -0.3 is 4.74 Å². The predicted octanol–water partition coefficient (Wildman–Crippen LogP) is 4.36. The number of rotatable bonds is 4. The Kier molecular flexibility index (Phi) is 3.29. The zero-order valence-electron chi connectivity index (χ0n) is 14.1. The number of nitrogens with zero attached hydrogens (tertiary/aromatic N) is 1. The lowest BCUT2D eigenvalue weighted by atomic mass is 9.70. The fraction of sp³-hybridized carbons (Fsp3) is 0.550. The van der Waals surface area contributed by atoms with E-state index in [-0.39, 0.29) is 0 Å². The van der Waals surface area contributed by atoms with E-state index in [9.17, 15) is 4.79 Å². The molecule has 1 unspecified atom stereocenters. The molecule has 6 rings (SSSR count). The van der Waals surface area contributed by atoms with E-state index in [4.69, 9.17) is 4.74 Å². The number of hydrogen-bond donors (Lipinski definition) is 0. The minimum absolute atomic E-state index is 0.347. The number of ether oxygens (including phenoxy) is 1. The molecule has 0 amide bonds. The summed E-state index contributed by atoms with van der Waals surface area (Å²) >= 11 is 1.62. The first-order chi connectivity index (χ1) is 11.7. The maximum Gasteiger partial charge on any atom is 0.173 e. The number of thiophene rings is 1. The highest BCUT2D eigenvalue weighted by Gasteiger charge is 2.60. The Morgan fingerprint density at radius 2 is 2.08 bits per heavy atom. The first-order valence-corrected chi connectivity index (χ1v) is 9.87. The molecule has 0 radical (unpaired) electrons. The minimum atomic E-state index is 0.347. The monoisotopic (exact) mass is 341 g/mol. The van der Waals surface area contributed by atoms with Crippen molar-refractivity contribution in [3.8, 4) is 5.75 Å². The smallest absolute Gasteiger partial charge is 0.173 e. The van der Waals surface area contributed by atoms with E-state index in [2.05, 4.69) is 17.0 Å². The lowest BCUT2D eigenvalue weighted by Gasteiger charge is -2.52. The number of Topliss-reactive ketones (excluding diaryl/α,β-unsaturated/α-hetero) is 1. The van der Waals surface area contributed by atoms with Crippen LogP contribution in [0.1, 0.15) is 41.8 Å². The molecule has 1 saturated carbocycles. The summed E-state index contributed by atoms with van der Waals surface area (Å²) in [6.45, 7) is 2.52. The zero-order chi connectivity index (χ0) is 16.3. The van der Waals surface area contributed by atoms with Crippen molar-refractivity contribution < 1.29 is 9.53 Å². The fourth-order valence-corrected chi connectivity index (χ4v) is 6.21. The lowest BCUT2D eigenvalue weighted by Crippen LogP contribution is -2.57. The van der Waals surface area contributed by atoms with E-state index < -0.39 is 0 Å². The first-order valence-electron chi connectivity index (χ1n) is 9.05. The molecule has 4 fully saturated rings. The van der Waals surface area contributed by atoms with Gasteiger partial charge in [-0.2, -0.15) is 0 Å². The van der Waals surface area contributed by atoms with Crippen molar-refractivity contribution in [3.63, 3.8) is 0 Å². The number of piperidine rings is 3. The van der Waals surface area contributed by atoms with Crippen molar-refractivity contribution >= 4 is 27.2 Å². The van der Waals surface area contributed by atoms with Gasteiger partial charge in [0.25, 0.3) is 0 Å². The maximum atomic E-state index is 13.0. The van der Waals surface area contributed by atoms with Gasteiger partial charge in [-0.05, 0) is 80.3 Å². The Bertz CT molecular complexity index is 799. The van der Waals surface area contributed by atoms with Gasteiger partial charge in [0.05, 0.1) is 12.0 Å². The van der Waals surface area contributed by atoms with Gasteiger partial charge >= 0.3 is 0 Å². The number of fused-ring (bicyclic) bond motifs is 3. The van der Waals surface area contributed by atoms with E-state index >= 15 is 0 Å². The molecule has 4 heterocycles. The summed E-state index contributed by atoms with van der Waals surface area (Å²) in [5, 5.41) is 1.15. The van der Waals surface area contributed by atoms with Crippen LogP contribution in [0.4, 0.5) is 0 Å². The van der Waals surface area contributed by atoms with Gasteiger partial charge in [0.2, 0.25) is 0 Å². The molecule has 2 bridgehead atoms. The van der Waals surface area contributed by atoms with Crippen molar-refractivity contribution in [2.45, 2.75) is 37.6 Å². The topological polar surface area (TPSA) is 29.5 Å². The first kappa shape index (κ1) is 14.9. The SMILES string of the molecule is COc1ccc2cc(C(=O)CC3C4CCN(CC4)C34CC4)sc2c1. The summed E-state index contributed by atoms with van der Waals surface area (Å²) < 4.78 is 6.44. The van der Waals surface area contributed by atoms with Crippen LogP contribution in [0.2, 0.25) is 0 Å². The van der Waals surface area contributed by atoms with Crippen LogP contribution in [0.3, 0.4) is 0 Å². The largest absolute Gasteiger partial charge is 0.497 e. The third-order valence-electron chi connectivity index (χ3n) is 6.60. The number of benzene rings is 1. The molecule has 1 spiro atoms. The molecule has 4 heteroatoms. The molecule has 1 aliphatic carbocycles. The summed E-state index contributed by atoms with van der Waals surface area (Å²) in [7, 11) is 1.68. The Balaban J connectivity index is 1.40. The molecular formula is C20H23NO2S. The third kappa shape index (κ3) is 2.16. The highest BCUT2D eigenvalue weighted by atomic mass is 32.1. The molecule has 0 N–H and O–H groups in total. The lowest BCUT2D eigenvalue weighted by molar-refractivity contribution is -0.0273. The number of methoxy groups -OCH3 is 1. The van der Waals surface area contributed by atoms with Crippen LogP contribution in [0.5, 0.6) is 5.75 Å². The molecule has 3 nitrogen and oxygen atoms in total. The van der Waals surface area contributed by atoms with Gasteiger partial charge in [-0.15, -0.1) is 11.3 Å². The summed E-state index contributed by atoms with van der Waals surface area (Å²) in [6.07, 6.45) is 5.95. The standard InChI is InChI=1S/C20H23NO2S/c1-23-15-3-2-14-10-19(24-18(14)11-15)17(22)12-16-13-4-8-21(9-5-13)20(16)6-7-20/h2-3,10-11,13,16H,4-9,12H2,1H3. The fourth-order valence-electron chi connectivity index (χ4n) is 5.17. The summed E-state index contributed by atoms with van der Waals surface area (Å²) in [5.41, 5.74) is 0.400. The van der Waals surface area contributed by atoms with E-state index in [1.54, 1.807) is 18.4 Å². The molecule has 1 aromatic carbocycles. The highest BCUT2D eigenvalue weighted by molar-refractivity contribution is 7.20. The van der Waals surface area contributed by atoms with Gasteiger partial charge in [-0.25, -0.2) is 0 Å². The predicted molar refractivity (Wildman–Crippen MR) is 97.1 cm³/mol. The number of hydrogen-bond acceptors (Lipinski definition) is 4. The van der Waals surface area contributed by atoms with Crippen molar-refractivity contribution in [2.24, 2.45) is 11.8 Å². The van der Waals surface area contributed by atoms with Crippen molar-refractivity contribution in [3.05, 3.63) is 29.1 Å². The van der Waals surface area contributed by atoms with Crippen LogP contribution in [0.25, 0.3) is 10.1 Å². The van der Waals surface area contributed by atoms with Crippen LogP contribution in [0.15, 0.2) is 24.3 Å². The number of carbonyl (C=O) groups excluding carboxylic acids is 1.